The molecule has 0 fully saturated rings. The lowest BCUT2D eigenvalue weighted by Crippen LogP contribution is -2.57. The fourth-order valence-corrected chi connectivity index (χ4v) is 12.5. The van der Waals surface area contributed by atoms with Gasteiger partial charge in [-0.05, 0) is 76.4 Å². The predicted molar refractivity (Wildman–Crippen MR) is 200 cm³/mol. The van der Waals surface area contributed by atoms with Crippen molar-refractivity contribution in [3.8, 4) is 0 Å². The maximum absolute atomic E-state index is 4.35. The third kappa shape index (κ3) is 3.16. The summed E-state index contributed by atoms with van der Waals surface area (Å²) in [5, 5.41) is 6.74. The summed E-state index contributed by atoms with van der Waals surface area (Å²) >= 11 is 0. The molecule has 2 aliphatic rings. The lowest BCUT2D eigenvalue weighted by atomic mass is 9.56. The summed E-state index contributed by atoms with van der Waals surface area (Å²) in [6.45, 7) is 13.7. The van der Waals surface area contributed by atoms with Gasteiger partial charge in [0.05, 0.1) is 10.8 Å². The highest BCUT2D eigenvalue weighted by atomic mass is 31.1. The van der Waals surface area contributed by atoms with E-state index >= 15 is 0 Å². The Hall–Kier alpha value is -5.04. The Kier molecular flexibility index (Phi) is 5.56. The van der Waals surface area contributed by atoms with Gasteiger partial charge in [-0.15, -0.1) is 0 Å². The van der Waals surface area contributed by atoms with Crippen molar-refractivity contribution in [1.29, 1.82) is 0 Å². The first-order valence-corrected chi connectivity index (χ1v) is 18.4. The van der Waals surface area contributed by atoms with Gasteiger partial charge in [0.25, 0.3) is 0 Å². The maximum Gasteiger partial charge on any atom is 0.448 e. The maximum atomic E-state index is 4.35. The van der Waals surface area contributed by atoms with Gasteiger partial charge in [0.1, 0.15) is 5.12 Å². The topological polar surface area (TPSA) is 7.98 Å². The zero-order chi connectivity index (χ0) is 32.5. The van der Waals surface area contributed by atoms with Crippen LogP contribution in [0.25, 0.3) is 43.8 Å². The van der Waals surface area contributed by atoms with Gasteiger partial charge < -0.3 is 0 Å². The van der Waals surface area contributed by atoms with Crippen molar-refractivity contribution in [1.82, 2.24) is 0 Å². The fraction of sp³-hybridized carbons (Fsp3) is 0.156. The predicted octanol–water partition coefficient (Wildman–Crippen LogP) is 10.3. The van der Waals surface area contributed by atoms with Crippen LogP contribution < -0.4 is 8.50 Å². The molecular formula is C45H37N2P+2. The van der Waals surface area contributed by atoms with Crippen molar-refractivity contribution >= 4 is 51.6 Å². The molecule has 10 rings (SSSR count). The Balaban J connectivity index is 1.59. The van der Waals surface area contributed by atoms with Crippen LogP contribution in [0.5, 0.6) is 0 Å². The number of aromatic nitrogens is 2. The first kappa shape index (κ1) is 28.0. The van der Waals surface area contributed by atoms with Gasteiger partial charge in [-0.1, -0.05) is 127 Å². The van der Waals surface area contributed by atoms with E-state index in [0.717, 1.165) is 6.42 Å². The highest BCUT2D eigenvalue weighted by Crippen LogP contribution is 2.57. The minimum absolute atomic E-state index is 0.154. The number of nitrogens with zero attached hydrogens (tertiary/aromatic N) is 2. The molecule has 230 valence electrons. The Labute approximate surface area is 282 Å². The van der Waals surface area contributed by atoms with Crippen molar-refractivity contribution in [2.75, 3.05) is 0 Å². The Morgan fingerprint density at radius 3 is 2.00 bits per heavy atom. The van der Waals surface area contributed by atoms with Crippen LogP contribution >= 0.6 is 7.84 Å². The van der Waals surface area contributed by atoms with Crippen molar-refractivity contribution < 1.29 is 8.50 Å². The van der Waals surface area contributed by atoms with Gasteiger partial charge in [-0.2, -0.15) is 0 Å². The molecule has 3 aromatic heterocycles. The summed E-state index contributed by atoms with van der Waals surface area (Å²) < 4.78 is 5.57. The van der Waals surface area contributed by atoms with E-state index in [1.54, 1.807) is 0 Å². The molecule has 1 unspecified atom stereocenters. The lowest BCUT2D eigenvalue weighted by molar-refractivity contribution is -0.581. The molecule has 5 aromatic carbocycles. The standard InChI is InChI=1S/C45H37N2P/c1-6-29-15-13-16-31-22-23-32-25-27-39-45(35-19-10-8-17-33(35)44(4,5)34-18-9-11-20-36(34)45)38-26-24-30(7-2)42-40-28(3)14-12-21-37(40)48(46(38)42)47(39)43(32)41(29)31/h7-27H,2,6H2,1,3-5H3/q+2. The molecule has 1 aliphatic carbocycles. The van der Waals surface area contributed by atoms with Crippen molar-refractivity contribution in [2.24, 2.45) is 0 Å². The molecule has 0 amide bonds. The van der Waals surface area contributed by atoms with E-state index in [9.17, 15) is 0 Å². The van der Waals surface area contributed by atoms with Gasteiger partial charge in [0, 0.05) is 28.5 Å². The van der Waals surface area contributed by atoms with E-state index in [1.165, 1.54) is 88.0 Å². The average Bonchev–Trinajstić information content (AvgIpc) is 3.48. The Morgan fingerprint density at radius 2 is 1.29 bits per heavy atom. The molecule has 0 bridgehead atoms. The largest absolute Gasteiger partial charge is 0.448 e. The average molecular weight is 637 g/mol. The van der Waals surface area contributed by atoms with Gasteiger partial charge in [0.2, 0.25) is 22.4 Å². The third-order valence-corrected chi connectivity index (χ3v) is 14.0. The first-order chi connectivity index (χ1) is 23.4. The zero-order valence-corrected chi connectivity index (χ0v) is 28.8. The smallest absolute Gasteiger partial charge is 0.0982 e. The summed E-state index contributed by atoms with van der Waals surface area (Å²) in [7, 11) is -1.02. The van der Waals surface area contributed by atoms with Gasteiger partial charge >= 0.3 is 7.84 Å². The minimum atomic E-state index is -1.02. The van der Waals surface area contributed by atoms with Gasteiger partial charge in [-0.25, -0.2) is 0 Å². The van der Waals surface area contributed by atoms with Crippen LogP contribution in [0, 0.1) is 6.92 Å². The summed E-state index contributed by atoms with van der Waals surface area (Å²) in [4.78, 5) is 0. The van der Waals surface area contributed by atoms with E-state index in [-0.39, 0.29) is 5.41 Å². The molecule has 3 heteroatoms. The quantitative estimate of drug-likeness (QED) is 0.167. The van der Waals surface area contributed by atoms with Crippen LogP contribution in [-0.4, -0.2) is 0 Å². The van der Waals surface area contributed by atoms with Crippen molar-refractivity contribution in [2.45, 2.75) is 44.9 Å². The number of fused-ring (bicyclic) bond motifs is 15. The second-order valence-electron chi connectivity index (χ2n) is 14.2. The third-order valence-electron chi connectivity index (χ3n) is 11.6. The summed E-state index contributed by atoms with van der Waals surface area (Å²) in [5.74, 6) is 0. The number of hydrogen-bond acceptors (Lipinski definition) is 0. The zero-order valence-electron chi connectivity index (χ0n) is 27.9. The summed E-state index contributed by atoms with van der Waals surface area (Å²) in [6.07, 6.45) is 3.04. The van der Waals surface area contributed by atoms with Crippen LogP contribution in [0.1, 0.15) is 71.1 Å². The number of pyridine rings is 2. The van der Waals surface area contributed by atoms with E-state index in [1.807, 2.05) is 0 Å². The SMILES string of the molecule is C=Cc1ccc2[n+]3c1c1c(C)cccc1p3-[n+]1c(ccc3ccc4cccc(CC)c4c31)C21c2ccccc2C(C)(C)c2ccccc21. The molecule has 48 heavy (non-hydrogen) atoms. The second-order valence-corrected chi connectivity index (χ2v) is 16.0. The molecule has 1 spiro atoms. The number of aryl methyl sites for hydroxylation is 2. The van der Waals surface area contributed by atoms with E-state index < -0.39 is 13.3 Å². The lowest BCUT2D eigenvalue weighted by Gasteiger charge is -2.44. The van der Waals surface area contributed by atoms with Crippen LogP contribution in [0.15, 0.2) is 128 Å². The molecule has 0 N–H and O–H groups in total. The highest BCUT2D eigenvalue weighted by Gasteiger charge is 2.62. The second kappa shape index (κ2) is 9.53. The van der Waals surface area contributed by atoms with Crippen molar-refractivity contribution in [3.05, 3.63) is 178 Å². The molecule has 0 saturated carbocycles. The Bertz CT molecular complexity index is 2680. The fourth-order valence-electron chi connectivity index (χ4n) is 9.52. The monoisotopic (exact) mass is 636 g/mol. The van der Waals surface area contributed by atoms with Crippen LogP contribution in [-0.2, 0) is 17.3 Å². The van der Waals surface area contributed by atoms with Crippen molar-refractivity contribution in [3.63, 3.8) is 0 Å². The molecular weight excluding hydrogens is 599 g/mol. The van der Waals surface area contributed by atoms with E-state index in [0.29, 0.717) is 0 Å². The Morgan fingerprint density at radius 1 is 0.646 bits per heavy atom. The molecule has 2 nitrogen and oxygen atoms in total. The summed E-state index contributed by atoms with van der Waals surface area (Å²) in [5.41, 5.74) is 14.1. The van der Waals surface area contributed by atoms with E-state index in [2.05, 4.69) is 170 Å². The van der Waals surface area contributed by atoms with E-state index in [4.69, 9.17) is 0 Å². The van der Waals surface area contributed by atoms with Crippen LogP contribution in [0.2, 0.25) is 0 Å². The first-order valence-electron chi connectivity index (χ1n) is 17.2. The molecule has 8 aromatic rings. The van der Waals surface area contributed by atoms with Gasteiger partial charge in [-0.3, -0.25) is 0 Å². The highest BCUT2D eigenvalue weighted by molar-refractivity contribution is 7.42. The van der Waals surface area contributed by atoms with Crippen LogP contribution in [0.3, 0.4) is 0 Å². The molecule has 1 aliphatic heterocycles. The van der Waals surface area contributed by atoms with Crippen LogP contribution in [0.4, 0.5) is 0 Å². The number of hydrogen-bond donors (Lipinski definition) is 0. The number of rotatable bonds is 2. The number of benzene rings is 5. The molecule has 1 atom stereocenters. The molecule has 0 saturated heterocycles. The minimum Gasteiger partial charge on any atom is -0.0982 e. The normalized spacial score (nSPS) is 15.5. The van der Waals surface area contributed by atoms with Gasteiger partial charge in [0.15, 0.2) is 5.41 Å². The molecule has 0 radical (unpaired) electrons. The molecule has 4 heterocycles. The summed E-state index contributed by atoms with van der Waals surface area (Å²) in [6, 6.07) is 46.6.